The van der Waals surface area contributed by atoms with E-state index in [9.17, 15) is 4.79 Å². The number of para-hydroxylation sites is 2. The molecular formula is C31H34BrN3O2. The molecule has 0 bridgehead atoms. The first-order valence-corrected chi connectivity index (χ1v) is 14.1. The first-order valence-electron chi connectivity index (χ1n) is 13.3. The molecule has 0 spiro atoms. The summed E-state index contributed by atoms with van der Waals surface area (Å²) in [6, 6.07) is 24.7. The highest BCUT2D eigenvalue weighted by atomic mass is 79.9. The van der Waals surface area contributed by atoms with Crippen molar-refractivity contribution < 1.29 is 9.53 Å². The number of carbonyl (C=O) groups excluding carboxylic acids is 1. The Morgan fingerprint density at radius 2 is 1.86 bits per heavy atom. The van der Waals surface area contributed by atoms with E-state index in [2.05, 4.69) is 76.8 Å². The minimum Gasteiger partial charge on any atom is -0.494 e. The summed E-state index contributed by atoms with van der Waals surface area (Å²) < 4.78 is 9.31. The van der Waals surface area contributed by atoms with Crippen LogP contribution in [0.15, 0.2) is 77.3 Å². The first kappa shape index (κ1) is 25.5. The maximum atomic E-state index is 13.0. The predicted octanol–water partition coefficient (Wildman–Crippen LogP) is 7.69. The molecule has 1 amide bonds. The summed E-state index contributed by atoms with van der Waals surface area (Å²) in [6.45, 7) is 6.65. The smallest absolute Gasteiger partial charge is 0.227 e. The van der Waals surface area contributed by atoms with Gasteiger partial charge in [-0.3, -0.25) is 4.79 Å². The SMILES string of the molecule is CCC(C)c1ccc(OCCCCn2c(C3CC(=O)N(c4cccc(Br)c4)C3)nc3ccccc32)cc1. The molecule has 6 heteroatoms. The molecule has 2 atom stereocenters. The average Bonchev–Trinajstić information content (AvgIpc) is 3.49. The summed E-state index contributed by atoms with van der Waals surface area (Å²) in [6.07, 6.45) is 3.55. The Kier molecular flexibility index (Phi) is 7.94. The van der Waals surface area contributed by atoms with Gasteiger partial charge < -0.3 is 14.2 Å². The Morgan fingerprint density at radius 3 is 2.65 bits per heavy atom. The first-order chi connectivity index (χ1) is 18.0. The van der Waals surface area contributed by atoms with Crippen LogP contribution in [-0.2, 0) is 11.3 Å². The molecule has 1 saturated heterocycles. The van der Waals surface area contributed by atoms with E-state index in [1.54, 1.807) is 0 Å². The number of aromatic nitrogens is 2. The van der Waals surface area contributed by atoms with Gasteiger partial charge >= 0.3 is 0 Å². The Hall–Kier alpha value is -3.12. The third-order valence-electron chi connectivity index (χ3n) is 7.40. The van der Waals surface area contributed by atoms with Gasteiger partial charge in [-0.25, -0.2) is 4.98 Å². The predicted molar refractivity (Wildman–Crippen MR) is 153 cm³/mol. The van der Waals surface area contributed by atoms with Crippen LogP contribution >= 0.6 is 15.9 Å². The van der Waals surface area contributed by atoms with Crippen molar-refractivity contribution >= 4 is 38.6 Å². The van der Waals surface area contributed by atoms with Gasteiger partial charge in [0.15, 0.2) is 0 Å². The van der Waals surface area contributed by atoms with Gasteiger partial charge in [0.1, 0.15) is 11.6 Å². The van der Waals surface area contributed by atoms with Gasteiger partial charge in [-0.1, -0.05) is 60.1 Å². The van der Waals surface area contributed by atoms with E-state index in [4.69, 9.17) is 9.72 Å². The van der Waals surface area contributed by atoms with E-state index < -0.39 is 0 Å². The molecule has 1 aliphatic rings. The Bertz CT molecular complexity index is 1360. The number of aryl methyl sites for hydroxylation is 1. The third kappa shape index (κ3) is 5.74. The van der Waals surface area contributed by atoms with Crippen molar-refractivity contribution in [2.24, 2.45) is 0 Å². The van der Waals surface area contributed by atoms with Crippen molar-refractivity contribution in [1.29, 1.82) is 0 Å². The number of ether oxygens (including phenoxy) is 1. The minimum absolute atomic E-state index is 0.0687. The Morgan fingerprint density at radius 1 is 1.05 bits per heavy atom. The molecule has 1 aromatic heterocycles. The second-order valence-corrected chi connectivity index (χ2v) is 10.8. The summed E-state index contributed by atoms with van der Waals surface area (Å²) in [4.78, 5) is 19.8. The molecule has 5 rings (SSSR count). The van der Waals surface area contributed by atoms with Gasteiger partial charge in [0.25, 0.3) is 0 Å². The topological polar surface area (TPSA) is 47.4 Å². The second kappa shape index (κ2) is 11.5. The summed E-state index contributed by atoms with van der Waals surface area (Å²) >= 11 is 3.53. The average molecular weight is 561 g/mol. The highest BCUT2D eigenvalue weighted by Gasteiger charge is 2.34. The number of hydrogen-bond acceptors (Lipinski definition) is 3. The van der Waals surface area contributed by atoms with Crippen molar-refractivity contribution in [2.45, 2.75) is 57.9 Å². The molecule has 4 aromatic rings. The Labute approximate surface area is 227 Å². The fourth-order valence-electron chi connectivity index (χ4n) is 5.11. The van der Waals surface area contributed by atoms with Crippen LogP contribution in [0.25, 0.3) is 11.0 Å². The van der Waals surface area contributed by atoms with Crippen LogP contribution in [0.3, 0.4) is 0 Å². The molecule has 0 radical (unpaired) electrons. The van der Waals surface area contributed by atoms with Crippen molar-refractivity contribution in [3.63, 3.8) is 0 Å². The van der Waals surface area contributed by atoms with E-state index in [1.165, 1.54) is 5.56 Å². The Balaban J connectivity index is 1.24. The summed E-state index contributed by atoms with van der Waals surface area (Å²) in [5.41, 5.74) is 4.41. The maximum absolute atomic E-state index is 13.0. The zero-order chi connectivity index (χ0) is 25.8. The van der Waals surface area contributed by atoms with E-state index >= 15 is 0 Å². The quantitative estimate of drug-likeness (QED) is 0.187. The number of fused-ring (bicyclic) bond motifs is 1. The van der Waals surface area contributed by atoms with E-state index in [0.717, 1.165) is 58.6 Å². The molecule has 2 heterocycles. The molecule has 5 nitrogen and oxygen atoms in total. The summed E-state index contributed by atoms with van der Waals surface area (Å²) in [5, 5.41) is 0. The van der Waals surface area contributed by atoms with Crippen LogP contribution in [0.5, 0.6) is 5.75 Å². The van der Waals surface area contributed by atoms with E-state index in [-0.39, 0.29) is 11.8 Å². The monoisotopic (exact) mass is 559 g/mol. The summed E-state index contributed by atoms with van der Waals surface area (Å²) in [5.74, 6) is 2.73. The summed E-state index contributed by atoms with van der Waals surface area (Å²) in [7, 11) is 0. The lowest BCUT2D eigenvalue weighted by Crippen LogP contribution is -2.24. The van der Waals surface area contributed by atoms with Gasteiger partial charge in [-0.15, -0.1) is 0 Å². The van der Waals surface area contributed by atoms with Crippen LogP contribution in [0.2, 0.25) is 0 Å². The standard InChI is InChI=1S/C31H34BrN3O2/c1-3-22(2)23-13-15-27(16-14-23)37-18-7-6-17-34-29-12-5-4-11-28(29)33-31(34)24-19-30(36)35(21-24)26-10-8-9-25(32)20-26/h4-5,8-16,20,22,24H,3,6-7,17-19,21H2,1-2H3. The fraction of sp³-hybridized carbons (Fsp3) is 0.355. The number of carbonyl (C=O) groups is 1. The number of hydrogen-bond donors (Lipinski definition) is 0. The van der Waals surface area contributed by atoms with E-state index in [1.807, 2.05) is 35.2 Å². The van der Waals surface area contributed by atoms with Gasteiger partial charge in [0, 0.05) is 35.6 Å². The minimum atomic E-state index is 0.0687. The van der Waals surface area contributed by atoms with Crippen LogP contribution in [0.4, 0.5) is 5.69 Å². The number of amides is 1. The number of imidazole rings is 1. The molecule has 3 aromatic carbocycles. The third-order valence-corrected chi connectivity index (χ3v) is 7.89. The molecule has 1 fully saturated rings. The van der Waals surface area contributed by atoms with Crippen LogP contribution in [0.1, 0.15) is 62.8 Å². The molecule has 0 N–H and O–H groups in total. The molecule has 0 aliphatic carbocycles. The zero-order valence-corrected chi connectivity index (χ0v) is 23.2. The van der Waals surface area contributed by atoms with Gasteiger partial charge in [-0.05, 0) is 73.2 Å². The number of halogens is 1. The molecule has 0 saturated carbocycles. The highest BCUT2D eigenvalue weighted by molar-refractivity contribution is 9.10. The van der Waals surface area contributed by atoms with Gasteiger partial charge in [0.2, 0.25) is 5.91 Å². The largest absolute Gasteiger partial charge is 0.494 e. The maximum Gasteiger partial charge on any atom is 0.227 e. The number of unbranched alkanes of at least 4 members (excludes halogenated alkanes) is 1. The van der Waals surface area contributed by atoms with Crippen molar-refractivity contribution in [1.82, 2.24) is 9.55 Å². The number of anilines is 1. The molecule has 1 aliphatic heterocycles. The van der Waals surface area contributed by atoms with Crippen LogP contribution < -0.4 is 9.64 Å². The lowest BCUT2D eigenvalue weighted by molar-refractivity contribution is -0.117. The van der Waals surface area contributed by atoms with Crippen molar-refractivity contribution in [3.8, 4) is 5.75 Å². The normalized spacial score (nSPS) is 16.5. The molecule has 192 valence electrons. The van der Waals surface area contributed by atoms with Crippen LogP contribution in [-0.4, -0.2) is 28.6 Å². The van der Waals surface area contributed by atoms with Gasteiger partial charge in [0.05, 0.1) is 17.6 Å². The fourth-order valence-corrected chi connectivity index (χ4v) is 5.49. The van der Waals surface area contributed by atoms with Crippen LogP contribution in [0, 0.1) is 0 Å². The van der Waals surface area contributed by atoms with Crippen molar-refractivity contribution in [2.75, 3.05) is 18.1 Å². The lowest BCUT2D eigenvalue weighted by Gasteiger charge is -2.18. The molecule has 2 unspecified atom stereocenters. The molecule has 37 heavy (non-hydrogen) atoms. The lowest BCUT2D eigenvalue weighted by atomic mass is 9.99. The number of benzene rings is 3. The van der Waals surface area contributed by atoms with Crippen molar-refractivity contribution in [3.05, 3.63) is 88.7 Å². The number of rotatable bonds is 10. The zero-order valence-electron chi connectivity index (χ0n) is 21.6. The second-order valence-electron chi connectivity index (χ2n) is 9.93. The van der Waals surface area contributed by atoms with Gasteiger partial charge in [-0.2, -0.15) is 0 Å². The molecular weight excluding hydrogens is 526 g/mol. The highest BCUT2D eigenvalue weighted by Crippen LogP contribution is 2.34. The van der Waals surface area contributed by atoms with E-state index in [0.29, 0.717) is 25.5 Å². The number of nitrogens with zero attached hydrogens (tertiary/aromatic N) is 3.